The maximum atomic E-state index is 13.0. The number of hydrogen-bond donors (Lipinski definition) is 3. The molecule has 0 radical (unpaired) electrons. The molecule has 6 rings (SSSR count). The van der Waals surface area contributed by atoms with Gasteiger partial charge in [0, 0.05) is 11.3 Å². The van der Waals surface area contributed by atoms with Crippen LogP contribution in [0.5, 0.6) is 0 Å². The molecule has 1 heterocycles. The zero-order valence-electron chi connectivity index (χ0n) is 16.5. The number of amides is 1. The van der Waals surface area contributed by atoms with Gasteiger partial charge in [0.25, 0.3) is 5.91 Å². The first-order valence-corrected chi connectivity index (χ1v) is 11.7. The molecule has 1 aromatic rings. The second-order valence-electron chi connectivity index (χ2n) is 9.41. The van der Waals surface area contributed by atoms with E-state index in [-0.39, 0.29) is 22.2 Å². The van der Waals surface area contributed by atoms with Crippen molar-refractivity contribution in [1.82, 2.24) is 10.6 Å². The lowest BCUT2D eigenvalue weighted by molar-refractivity contribution is -0.124. The summed E-state index contributed by atoms with van der Waals surface area (Å²) in [5.74, 6) is 2.20. The summed E-state index contributed by atoms with van der Waals surface area (Å²) in [5.41, 5.74) is 0.830. The number of nitrogens with one attached hydrogen (secondary N) is 2. The van der Waals surface area contributed by atoms with Crippen LogP contribution < -0.4 is 10.6 Å². The lowest BCUT2D eigenvalue weighted by atomic mass is 9.53. The molecule has 4 aliphatic carbocycles. The molecule has 4 bridgehead atoms. The normalized spacial score (nSPS) is 38.6. The van der Waals surface area contributed by atoms with E-state index in [1.54, 1.807) is 11.8 Å². The van der Waals surface area contributed by atoms with Crippen molar-refractivity contribution < 1.29 is 14.7 Å². The van der Waals surface area contributed by atoms with Gasteiger partial charge in [0.05, 0.1) is 11.4 Å². The zero-order chi connectivity index (χ0) is 20.0. The van der Waals surface area contributed by atoms with Crippen LogP contribution >= 0.6 is 11.8 Å². The van der Waals surface area contributed by atoms with Crippen LogP contribution in [-0.2, 0) is 9.59 Å². The minimum absolute atomic E-state index is 0.0440. The summed E-state index contributed by atoms with van der Waals surface area (Å²) < 4.78 is 0. The van der Waals surface area contributed by atoms with Crippen molar-refractivity contribution >= 4 is 24.0 Å². The Labute approximate surface area is 175 Å². The van der Waals surface area contributed by atoms with E-state index in [9.17, 15) is 14.7 Å². The number of hydrogen-bond acceptors (Lipinski definition) is 5. The Morgan fingerprint density at radius 3 is 2.31 bits per heavy atom. The third-order valence-corrected chi connectivity index (χ3v) is 8.54. The summed E-state index contributed by atoms with van der Waals surface area (Å²) in [5, 5.41) is 17.4. The average Bonchev–Trinajstić information content (AvgIpc) is 3.18. The minimum Gasteiger partial charge on any atom is -0.510 e. The van der Waals surface area contributed by atoms with Crippen LogP contribution in [0, 0.1) is 17.8 Å². The van der Waals surface area contributed by atoms with E-state index < -0.39 is 11.9 Å². The largest absolute Gasteiger partial charge is 0.510 e. The molecule has 2 atom stereocenters. The Morgan fingerprint density at radius 1 is 1.10 bits per heavy atom. The lowest BCUT2D eigenvalue weighted by Crippen LogP contribution is -2.60. The van der Waals surface area contributed by atoms with Crippen LogP contribution in [0.15, 0.2) is 41.7 Å². The van der Waals surface area contributed by atoms with E-state index in [0.717, 1.165) is 24.8 Å². The molecule has 29 heavy (non-hydrogen) atoms. The smallest absolute Gasteiger partial charge is 0.258 e. The van der Waals surface area contributed by atoms with E-state index in [1.165, 1.54) is 19.3 Å². The first-order valence-electron chi connectivity index (χ1n) is 10.7. The highest BCUT2D eigenvalue weighted by atomic mass is 32.2. The molecule has 1 aliphatic heterocycles. The molecule has 154 valence electrons. The van der Waals surface area contributed by atoms with Crippen molar-refractivity contribution in [3.63, 3.8) is 0 Å². The molecule has 5 nitrogen and oxygen atoms in total. The number of carbonyl (C=O) groups excluding carboxylic acids is 2. The topological polar surface area (TPSA) is 78.4 Å². The molecule has 1 amide bonds. The molecule has 1 saturated heterocycles. The van der Waals surface area contributed by atoms with E-state index in [4.69, 9.17) is 0 Å². The number of rotatable bonds is 5. The number of thioether (sulfide) groups is 1. The molecule has 5 fully saturated rings. The molecular formula is C23H28N2O3S. The molecule has 6 heteroatoms. The van der Waals surface area contributed by atoms with Gasteiger partial charge in [-0.1, -0.05) is 30.3 Å². The summed E-state index contributed by atoms with van der Waals surface area (Å²) in [6.07, 6.45) is 7.46. The first-order chi connectivity index (χ1) is 14.0. The van der Waals surface area contributed by atoms with Gasteiger partial charge in [0.15, 0.2) is 6.29 Å². The molecule has 4 saturated carbocycles. The van der Waals surface area contributed by atoms with Gasteiger partial charge in [0.1, 0.15) is 11.3 Å². The highest BCUT2D eigenvalue weighted by Gasteiger charge is 2.51. The summed E-state index contributed by atoms with van der Waals surface area (Å²) in [6, 6.07) is 9.61. The fourth-order valence-corrected chi connectivity index (χ4v) is 7.69. The SMILES string of the molecule is O=C/C(C(=O)NC12CC3CC(CC(C3)C1)C2)=C(/O)C1CS[C@@H](c2ccccc2)N1. The fourth-order valence-electron chi connectivity index (χ4n) is 6.44. The Balaban J connectivity index is 1.30. The minimum atomic E-state index is -0.408. The molecule has 0 aromatic heterocycles. The van der Waals surface area contributed by atoms with Gasteiger partial charge >= 0.3 is 0 Å². The van der Waals surface area contributed by atoms with Gasteiger partial charge in [-0.15, -0.1) is 11.8 Å². The third kappa shape index (κ3) is 3.61. The number of aliphatic hydroxyl groups excluding tert-OH is 1. The number of carbonyl (C=O) groups is 2. The Bertz CT molecular complexity index is 803. The van der Waals surface area contributed by atoms with Gasteiger partial charge in [-0.3, -0.25) is 14.9 Å². The molecule has 1 aromatic carbocycles. The van der Waals surface area contributed by atoms with Crippen molar-refractivity contribution in [2.45, 2.75) is 55.5 Å². The predicted molar refractivity (Wildman–Crippen MR) is 113 cm³/mol. The van der Waals surface area contributed by atoms with Crippen LogP contribution in [0.1, 0.15) is 49.5 Å². The highest BCUT2D eigenvalue weighted by molar-refractivity contribution is 7.99. The van der Waals surface area contributed by atoms with Crippen LogP contribution in [0.25, 0.3) is 0 Å². The van der Waals surface area contributed by atoms with Crippen molar-refractivity contribution in [1.29, 1.82) is 0 Å². The zero-order valence-corrected chi connectivity index (χ0v) is 17.3. The molecule has 0 spiro atoms. The summed E-state index contributed by atoms with van der Waals surface area (Å²) in [7, 11) is 0. The maximum Gasteiger partial charge on any atom is 0.258 e. The lowest BCUT2D eigenvalue weighted by Gasteiger charge is -2.56. The number of aliphatic hydroxyl groups is 1. The van der Waals surface area contributed by atoms with Gasteiger partial charge < -0.3 is 10.4 Å². The fraction of sp³-hybridized carbons (Fsp3) is 0.565. The number of aldehydes is 1. The van der Waals surface area contributed by atoms with Crippen LogP contribution in [0.3, 0.4) is 0 Å². The van der Waals surface area contributed by atoms with Crippen molar-refractivity contribution in [3.05, 3.63) is 47.2 Å². The summed E-state index contributed by atoms with van der Waals surface area (Å²) >= 11 is 1.67. The van der Waals surface area contributed by atoms with E-state index >= 15 is 0 Å². The second-order valence-corrected chi connectivity index (χ2v) is 10.6. The van der Waals surface area contributed by atoms with Crippen molar-refractivity contribution in [3.8, 4) is 0 Å². The molecule has 3 N–H and O–H groups in total. The van der Waals surface area contributed by atoms with E-state index in [0.29, 0.717) is 29.8 Å². The Morgan fingerprint density at radius 2 is 1.72 bits per heavy atom. The monoisotopic (exact) mass is 412 g/mol. The third-order valence-electron chi connectivity index (χ3n) is 7.27. The quantitative estimate of drug-likeness (QED) is 0.227. The van der Waals surface area contributed by atoms with Crippen LogP contribution in [-0.4, -0.2) is 34.6 Å². The standard InChI is InChI=1S/C23H28N2O3S/c26-12-18(20(27)19-13-29-22(24-19)17-4-2-1-3-5-17)21(28)25-23-9-14-6-15(10-23)8-16(7-14)11-23/h1-5,12,14-16,19,22,24,27H,6-11,13H2,(H,25,28)/b20-18-/t14?,15?,16?,19?,22-,23?/m0/s1. The van der Waals surface area contributed by atoms with Crippen molar-refractivity contribution in [2.75, 3.05) is 5.75 Å². The Kier molecular flexibility index (Phi) is 4.95. The molecule has 1 unspecified atom stereocenters. The van der Waals surface area contributed by atoms with Gasteiger partial charge in [-0.05, 0) is 61.8 Å². The second kappa shape index (κ2) is 7.47. The summed E-state index contributed by atoms with van der Waals surface area (Å²) in [6.45, 7) is 0. The first kappa shape index (κ1) is 19.2. The van der Waals surface area contributed by atoms with Crippen molar-refractivity contribution in [2.24, 2.45) is 17.8 Å². The predicted octanol–water partition coefficient (Wildman–Crippen LogP) is 3.49. The average molecular weight is 413 g/mol. The van der Waals surface area contributed by atoms with Gasteiger partial charge in [-0.2, -0.15) is 0 Å². The molecular weight excluding hydrogens is 384 g/mol. The molecule has 5 aliphatic rings. The Hall–Kier alpha value is -1.79. The van der Waals surface area contributed by atoms with Crippen LogP contribution in [0.2, 0.25) is 0 Å². The highest BCUT2D eigenvalue weighted by Crippen LogP contribution is 2.55. The summed E-state index contributed by atoms with van der Waals surface area (Å²) in [4.78, 5) is 24.8. The van der Waals surface area contributed by atoms with E-state index in [2.05, 4.69) is 10.6 Å². The maximum absolute atomic E-state index is 13.0. The van der Waals surface area contributed by atoms with E-state index in [1.807, 2.05) is 30.3 Å². The van der Waals surface area contributed by atoms with Gasteiger partial charge in [0.2, 0.25) is 0 Å². The van der Waals surface area contributed by atoms with Crippen LogP contribution in [0.4, 0.5) is 0 Å². The number of benzene rings is 1. The van der Waals surface area contributed by atoms with Gasteiger partial charge in [-0.25, -0.2) is 0 Å².